The Kier molecular flexibility index (Phi) is 7.52. The van der Waals surface area contributed by atoms with E-state index in [0.29, 0.717) is 11.6 Å². The Morgan fingerprint density at radius 2 is 1.97 bits per heavy atom. The fourth-order valence-electron chi connectivity index (χ4n) is 4.19. The first-order valence-electron chi connectivity index (χ1n) is 10.1. The van der Waals surface area contributed by atoms with Crippen molar-refractivity contribution in [1.82, 2.24) is 10.3 Å². The zero-order chi connectivity index (χ0) is 21.7. The van der Waals surface area contributed by atoms with Crippen LogP contribution in [0, 0.1) is 17.2 Å². The first-order valence-corrected chi connectivity index (χ1v) is 12.0. The molecular formula is C22H28FN3O2S2. The van der Waals surface area contributed by atoms with Gasteiger partial charge in [-0.1, -0.05) is 32.5 Å². The van der Waals surface area contributed by atoms with Gasteiger partial charge >= 0.3 is 0 Å². The summed E-state index contributed by atoms with van der Waals surface area (Å²) in [7, 11) is 0. The predicted molar refractivity (Wildman–Crippen MR) is 120 cm³/mol. The van der Waals surface area contributed by atoms with Gasteiger partial charge < -0.3 is 10.6 Å². The third kappa shape index (κ3) is 7.09. The highest BCUT2D eigenvalue weighted by molar-refractivity contribution is 8.01. The van der Waals surface area contributed by atoms with Crippen LogP contribution in [0.4, 0.5) is 10.1 Å². The largest absolute Gasteiger partial charge is 0.353 e. The Hall–Kier alpha value is -1.93. The van der Waals surface area contributed by atoms with Gasteiger partial charge in [0.15, 0.2) is 4.34 Å². The summed E-state index contributed by atoms with van der Waals surface area (Å²) in [5.41, 5.74) is 1.54. The molecule has 1 aromatic heterocycles. The molecule has 2 atom stereocenters. The Balaban J connectivity index is 1.43. The number of amides is 2. The summed E-state index contributed by atoms with van der Waals surface area (Å²) in [6.45, 7) is 6.77. The second-order valence-corrected chi connectivity index (χ2v) is 10.9. The molecule has 30 heavy (non-hydrogen) atoms. The van der Waals surface area contributed by atoms with Gasteiger partial charge in [0.1, 0.15) is 5.82 Å². The molecule has 1 aliphatic carbocycles. The van der Waals surface area contributed by atoms with Crippen molar-refractivity contribution >= 4 is 40.6 Å². The molecule has 1 fully saturated rings. The molecular weight excluding hydrogens is 421 g/mol. The fourth-order valence-corrected chi connectivity index (χ4v) is 5.84. The lowest BCUT2D eigenvalue weighted by Crippen LogP contribution is -2.43. The van der Waals surface area contributed by atoms with Gasteiger partial charge in [0.2, 0.25) is 11.8 Å². The molecule has 1 saturated carbocycles. The lowest BCUT2D eigenvalue weighted by Gasteiger charge is -2.39. The van der Waals surface area contributed by atoms with E-state index in [1.54, 1.807) is 0 Å². The zero-order valence-corrected chi connectivity index (χ0v) is 19.2. The van der Waals surface area contributed by atoms with Crippen LogP contribution in [-0.2, 0) is 16.0 Å². The van der Waals surface area contributed by atoms with E-state index in [9.17, 15) is 14.0 Å². The van der Waals surface area contributed by atoms with E-state index in [1.165, 1.54) is 53.8 Å². The molecule has 2 amide bonds. The van der Waals surface area contributed by atoms with E-state index in [-0.39, 0.29) is 41.3 Å². The number of carbonyl (C=O) groups is 2. The summed E-state index contributed by atoms with van der Waals surface area (Å²) in [4.78, 5) is 29.0. The molecule has 5 nitrogen and oxygen atoms in total. The number of benzene rings is 1. The van der Waals surface area contributed by atoms with Crippen molar-refractivity contribution in [3.8, 4) is 0 Å². The number of thioether (sulfide) groups is 1. The minimum atomic E-state index is -0.344. The molecule has 2 N–H and O–H groups in total. The van der Waals surface area contributed by atoms with Crippen molar-refractivity contribution in [1.29, 1.82) is 0 Å². The van der Waals surface area contributed by atoms with Crippen LogP contribution in [0.15, 0.2) is 34.0 Å². The second-order valence-electron chi connectivity index (χ2n) is 8.80. The van der Waals surface area contributed by atoms with Crippen LogP contribution in [0.1, 0.15) is 45.7 Å². The maximum absolute atomic E-state index is 12.9. The van der Waals surface area contributed by atoms with Crippen LogP contribution >= 0.6 is 23.1 Å². The monoisotopic (exact) mass is 449 g/mol. The number of aromatic nitrogens is 1. The molecule has 2 unspecified atom stereocenters. The molecule has 0 aliphatic heterocycles. The van der Waals surface area contributed by atoms with Crippen molar-refractivity contribution < 1.29 is 14.0 Å². The van der Waals surface area contributed by atoms with Gasteiger partial charge in [-0.05, 0) is 54.9 Å². The Bertz CT molecular complexity index is 883. The first kappa shape index (κ1) is 22.7. The van der Waals surface area contributed by atoms with Crippen LogP contribution in [0.2, 0.25) is 0 Å². The molecule has 1 heterocycles. The quantitative estimate of drug-likeness (QED) is 0.591. The van der Waals surface area contributed by atoms with Crippen molar-refractivity contribution in [3.05, 3.63) is 41.2 Å². The minimum absolute atomic E-state index is 0.000743. The van der Waals surface area contributed by atoms with E-state index in [2.05, 4.69) is 36.4 Å². The molecule has 2 aromatic rings. The normalized spacial score (nSPS) is 20.5. The van der Waals surface area contributed by atoms with Crippen LogP contribution in [-0.4, -0.2) is 28.6 Å². The standard InChI is InChI=1S/C22H28FN3O2S2/c1-14-8-17(11-22(2,3)10-14)25-19(27)9-18-12-29-21(26-18)30-13-20(28)24-16-6-4-15(23)5-7-16/h4-7,12,14,17H,8-11,13H2,1-3H3,(H,24,28)(H,25,27). The number of thiazole rings is 1. The van der Waals surface area contributed by atoms with E-state index in [0.717, 1.165) is 22.9 Å². The summed E-state index contributed by atoms with van der Waals surface area (Å²) in [6.07, 6.45) is 3.48. The van der Waals surface area contributed by atoms with E-state index in [1.807, 2.05) is 5.38 Å². The summed E-state index contributed by atoms with van der Waals surface area (Å²) >= 11 is 2.75. The van der Waals surface area contributed by atoms with Gasteiger partial charge in [0.25, 0.3) is 0 Å². The van der Waals surface area contributed by atoms with Crippen LogP contribution in [0.5, 0.6) is 0 Å². The van der Waals surface area contributed by atoms with Gasteiger partial charge in [-0.25, -0.2) is 9.37 Å². The molecule has 3 rings (SSSR count). The van der Waals surface area contributed by atoms with Crippen molar-refractivity contribution in [2.75, 3.05) is 11.1 Å². The highest BCUT2D eigenvalue weighted by Gasteiger charge is 2.32. The SMILES string of the molecule is CC1CC(NC(=O)Cc2csc(SCC(=O)Nc3ccc(F)cc3)n2)CC(C)(C)C1. The maximum Gasteiger partial charge on any atom is 0.234 e. The fraction of sp³-hybridized carbons (Fsp3) is 0.500. The number of hydrogen-bond acceptors (Lipinski definition) is 5. The van der Waals surface area contributed by atoms with E-state index >= 15 is 0 Å². The van der Waals surface area contributed by atoms with Crippen LogP contribution in [0.25, 0.3) is 0 Å². The van der Waals surface area contributed by atoms with Gasteiger partial charge in [0, 0.05) is 17.1 Å². The molecule has 0 bridgehead atoms. The molecule has 1 aromatic carbocycles. The summed E-state index contributed by atoms with van der Waals surface area (Å²) in [5.74, 6) is 0.285. The molecule has 0 spiro atoms. The Morgan fingerprint density at radius 1 is 1.23 bits per heavy atom. The van der Waals surface area contributed by atoms with Gasteiger partial charge in [-0.2, -0.15) is 0 Å². The van der Waals surface area contributed by atoms with Gasteiger partial charge in [-0.3, -0.25) is 9.59 Å². The molecule has 0 radical (unpaired) electrons. The summed E-state index contributed by atoms with van der Waals surface area (Å²) < 4.78 is 13.7. The van der Waals surface area contributed by atoms with Crippen molar-refractivity contribution in [3.63, 3.8) is 0 Å². The zero-order valence-electron chi connectivity index (χ0n) is 17.5. The number of nitrogens with one attached hydrogen (secondary N) is 2. The average molecular weight is 450 g/mol. The molecule has 0 saturated heterocycles. The van der Waals surface area contributed by atoms with Gasteiger partial charge in [-0.15, -0.1) is 11.3 Å². The summed E-state index contributed by atoms with van der Waals surface area (Å²) in [6, 6.07) is 5.86. The predicted octanol–water partition coefficient (Wildman–Crippen LogP) is 4.89. The highest BCUT2D eigenvalue weighted by atomic mass is 32.2. The average Bonchev–Trinajstić information content (AvgIpc) is 3.07. The maximum atomic E-state index is 12.9. The number of anilines is 1. The van der Waals surface area contributed by atoms with Crippen molar-refractivity contribution in [2.24, 2.45) is 11.3 Å². The second kappa shape index (κ2) is 9.92. The first-order chi connectivity index (χ1) is 14.2. The third-order valence-corrected chi connectivity index (χ3v) is 7.15. The van der Waals surface area contributed by atoms with Crippen LogP contribution in [0.3, 0.4) is 0 Å². The lowest BCUT2D eigenvalue weighted by atomic mass is 9.70. The van der Waals surface area contributed by atoms with E-state index in [4.69, 9.17) is 0 Å². The lowest BCUT2D eigenvalue weighted by molar-refractivity contribution is -0.121. The van der Waals surface area contributed by atoms with Gasteiger partial charge in [0.05, 0.1) is 17.9 Å². The number of carbonyl (C=O) groups excluding carboxylic acids is 2. The van der Waals surface area contributed by atoms with Crippen molar-refractivity contribution in [2.45, 2.75) is 56.8 Å². The smallest absolute Gasteiger partial charge is 0.234 e. The third-order valence-electron chi connectivity index (χ3n) is 5.08. The Labute approximate surface area is 185 Å². The number of nitrogens with zero attached hydrogens (tertiary/aromatic N) is 1. The Morgan fingerprint density at radius 3 is 2.67 bits per heavy atom. The van der Waals surface area contributed by atoms with E-state index < -0.39 is 0 Å². The number of hydrogen-bond donors (Lipinski definition) is 2. The minimum Gasteiger partial charge on any atom is -0.353 e. The number of rotatable bonds is 7. The topological polar surface area (TPSA) is 71.1 Å². The number of halogens is 1. The molecule has 8 heteroatoms. The van der Waals surface area contributed by atoms with Crippen LogP contribution < -0.4 is 10.6 Å². The highest BCUT2D eigenvalue weighted by Crippen LogP contribution is 2.38. The molecule has 162 valence electrons. The summed E-state index contributed by atoms with van der Waals surface area (Å²) in [5, 5.41) is 7.76. The molecule has 1 aliphatic rings.